The summed E-state index contributed by atoms with van der Waals surface area (Å²) in [6.45, 7) is 4.68. The second-order valence-electron chi connectivity index (χ2n) is 3.68. The number of pyridine rings is 1. The van der Waals surface area contributed by atoms with Crippen LogP contribution in [-0.4, -0.2) is 14.8 Å². The molecule has 15 heavy (non-hydrogen) atoms. The summed E-state index contributed by atoms with van der Waals surface area (Å²) in [5, 5.41) is 4.19. The van der Waals surface area contributed by atoms with Crippen LogP contribution in [0.15, 0.2) is 24.4 Å². The van der Waals surface area contributed by atoms with Crippen molar-refractivity contribution in [3.63, 3.8) is 0 Å². The van der Waals surface area contributed by atoms with Crippen LogP contribution in [-0.2, 0) is 6.54 Å². The first kappa shape index (κ1) is 9.71. The van der Waals surface area contributed by atoms with Crippen molar-refractivity contribution < 1.29 is 0 Å². The summed E-state index contributed by atoms with van der Waals surface area (Å²) in [4.78, 5) is 4.24. The molecule has 2 rings (SSSR count). The fraction of sp³-hybridized carbons (Fsp3) is 0.273. The Kier molecular flexibility index (Phi) is 2.41. The number of nitrogens with zero attached hydrogens (tertiary/aromatic N) is 3. The Morgan fingerprint density at radius 3 is 2.67 bits per heavy atom. The molecule has 0 amide bonds. The van der Waals surface area contributed by atoms with Gasteiger partial charge in [0.05, 0.1) is 6.54 Å². The average molecular weight is 202 g/mol. The minimum atomic E-state index is 0.563. The van der Waals surface area contributed by atoms with Crippen LogP contribution in [0.2, 0.25) is 0 Å². The van der Waals surface area contributed by atoms with Crippen LogP contribution in [0, 0.1) is 13.8 Å². The van der Waals surface area contributed by atoms with Crippen molar-refractivity contribution in [3.8, 4) is 0 Å². The van der Waals surface area contributed by atoms with Crippen LogP contribution < -0.4 is 5.73 Å². The van der Waals surface area contributed by atoms with E-state index in [0.29, 0.717) is 5.82 Å². The van der Waals surface area contributed by atoms with Gasteiger partial charge in [-0.15, -0.1) is 0 Å². The van der Waals surface area contributed by atoms with E-state index in [-0.39, 0.29) is 0 Å². The summed E-state index contributed by atoms with van der Waals surface area (Å²) < 4.78 is 1.88. The van der Waals surface area contributed by atoms with Crippen molar-refractivity contribution in [2.24, 2.45) is 0 Å². The fourth-order valence-electron chi connectivity index (χ4n) is 1.46. The predicted octanol–water partition coefficient (Wildman–Crippen LogP) is 1.53. The zero-order chi connectivity index (χ0) is 10.8. The number of hydrogen-bond donors (Lipinski definition) is 1. The van der Waals surface area contributed by atoms with Crippen LogP contribution in [0.1, 0.15) is 17.0 Å². The standard InChI is InChI=1S/C11H14N4/c1-8-3-4-10(6-13-8)7-15-9(2)5-11(12)14-15/h3-6H,7H2,1-2H3,(H2,12,14). The van der Waals surface area contributed by atoms with Gasteiger partial charge < -0.3 is 5.73 Å². The van der Waals surface area contributed by atoms with Gasteiger partial charge in [0.15, 0.2) is 0 Å². The molecule has 4 heteroatoms. The molecule has 4 nitrogen and oxygen atoms in total. The molecule has 0 atom stereocenters. The maximum Gasteiger partial charge on any atom is 0.145 e. The topological polar surface area (TPSA) is 56.7 Å². The number of nitrogens with two attached hydrogens (primary N) is 1. The van der Waals surface area contributed by atoms with Gasteiger partial charge in [0, 0.05) is 23.7 Å². The third kappa shape index (κ3) is 2.15. The highest BCUT2D eigenvalue weighted by atomic mass is 15.3. The molecular formula is C11H14N4. The number of aryl methyl sites for hydroxylation is 2. The van der Waals surface area contributed by atoms with Crippen LogP contribution in [0.4, 0.5) is 5.82 Å². The third-order valence-corrected chi connectivity index (χ3v) is 2.31. The van der Waals surface area contributed by atoms with Gasteiger partial charge in [0.2, 0.25) is 0 Å². The lowest BCUT2D eigenvalue weighted by atomic mass is 10.2. The van der Waals surface area contributed by atoms with Crippen molar-refractivity contribution in [2.45, 2.75) is 20.4 Å². The van der Waals surface area contributed by atoms with Gasteiger partial charge in [-0.1, -0.05) is 6.07 Å². The van der Waals surface area contributed by atoms with Crippen LogP contribution in [0.3, 0.4) is 0 Å². The normalized spacial score (nSPS) is 10.5. The van der Waals surface area contributed by atoms with Crippen molar-refractivity contribution in [3.05, 3.63) is 41.3 Å². The van der Waals surface area contributed by atoms with E-state index in [1.54, 1.807) is 0 Å². The van der Waals surface area contributed by atoms with Gasteiger partial charge in [-0.05, 0) is 25.5 Å². The molecule has 78 valence electrons. The summed E-state index contributed by atoms with van der Waals surface area (Å²) in [6.07, 6.45) is 1.87. The Morgan fingerprint density at radius 1 is 1.33 bits per heavy atom. The molecule has 0 fully saturated rings. The Labute approximate surface area is 88.8 Å². The lowest BCUT2D eigenvalue weighted by Gasteiger charge is -2.03. The minimum absolute atomic E-state index is 0.563. The molecule has 0 saturated heterocycles. The lowest BCUT2D eigenvalue weighted by Crippen LogP contribution is -2.04. The Bertz CT molecular complexity index is 456. The molecule has 0 radical (unpaired) electrons. The first-order chi connectivity index (χ1) is 7.15. The van der Waals surface area contributed by atoms with Crippen molar-refractivity contribution >= 4 is 5.82 Å². The average Bonchev–Trinajstić information content (AvgIpc) is 2.49. The molecule has 2 aromatic heterocycles. The summed E-state index contributed by atoms with van der Waals surface area (Å²) in [5.41, 5.74) is 8.83. The second-order valence-corrected chi connectivity index (χ2v) is 3.68. The summed E-state index contributed by atoms with van der Waals surface area (Å²) >= 11 is 0. The van der Waals surface area contributed by atoms with E-state index in [4.69, 9.17) is 5.73 Å². The van der Waals surface area contributed by atoms with Gasteiger partial charge in [-0.2, -0.15) is 5.10 Å². The highest BCUT2D eigenvalue weighted by Crippen LogP contribution is 2.08. The van der Waals surface area contributed by atoms with Crippen LogP contribution >= 0.6 is 0 Å². The molecule has 0 aliphatic carbocycles. The van der Waals surface area contributed by atoms with E-state index in [1.165, 1.54) is 0 Å². The molecule has 0 spiro atoms. The highest BCUT2D eigenvalue weighted by molar-refractivity contribution is 5.29. The molecule has 2 aromatic rings. The first-order valence-corrected chi connectivity index (χ1v) is 4.86. The highest BCUT2D eigenvalue weighted by Gasteiger charge is 2.02. The van der Waals surface area contributed by atoms with Gasteiger partial charge in [-0.25, -0.2) is 0 Å². The lowest BCUT2D eigenvalue weighted by molar-refractivity contribution is 0.666. The molecule has 2 N–H and O–H groups in total. The summed E-state index contributed by atoms with van der Waals surface area (Å²) in [6, 6.07) is 5.92. The zero-order valence-electron chi connectivity index (χ0n) is 8.94. The summed E-state index contributed by atoms with van der Waals surface area (Å²) in [7, 11) is 0. The number of rotatable bonds is 2. The van der Waals surface area contributed by atoms with Crippen molar-refractivity contribution in [2.75, 3.05) is 5.73 Å². The number of hydrogen-bond acceptors (Lipinski definition) is 3. The second kappa shape index (κ2) is 3.73. The monoisotopic (exact) mass is 202 g/mol. The quantitative estimate of drug-likeness (QED) is 0.803. The number of nitrogen functional groups attached to an aromatic ring is 1. The Morgan fingerprint density at radius 2 is 2.13 bits per heavy atom. The van der Waals surface area contributed by atoms with Gasteiger partial charge in [0.25, 0.3) is 0 Å². The SMILES string of the molecule is Cc1ccc(Cn2nc(N)cc2C)cn1. The molecule has 0 aliphatic rings. The van der Waals surface area contributed by atoms with Gasteiger partial charge >= 0.3 is 0 Å². The van der Waals surface area contributed by atoms with Crippen molar-refractivity contribution in [1.29, 1.82) is 0 Å². The van der Waals surface area contributed by atoms with E-state index in [0.717, 1.165) is 23.5 Å². The maximum absolute atomic E-state index is 5.61. The number of aromatic nitrogens is 3. The minimum Gasteiger partial charge on any atom is -0.382 e. The Hall–Kier alpha value is -1.84. The third-order valence-electron chi connectivity index (χ3n) is 2.31. The van der Waals surface area contributed by atoms with Gasteiger partial charge in [-0.3, -0.25) is 9.67 Å². The van der Waals surface area contributed by atoms with E-state index in [1.807, 2.05) is 36.9 Å². The van der Waals surface area contributed by atoms with E-state index in [9.17, 15) is 0 Å². The molecule has 0 aromatic carbocycles. The van der Waals surface area contributed by atoms with E-state index >= 15 is 0 Å². The van der Waals surface area contributed by atoms with E-state index in [2.05, 4.69) is 16.1 Å². The van der Waals surface area contributed by atoms with Crippen LogP contribution in [0.25, 0.3) is 0 Å². The van der Waals surface area contributed by atoms with Gasteiger partial charge in [0.1, 0.15) is 5.82 Å². The molecule has 0 bridgehead atoms. The smallest absolute Gasteiger partial charge is 0.145 e. The van der Waals surface area contributed by atoms with E-state index < -0.39 is 0 Å². The predicted molar refractivity (Wildman–Crippen MR) is 59.5 cm³/mol. The van der Waals surface area contributed by atoms with Crippen molar-refractivity contribution in [1.82, 2.24) is 14.8 Å². The largest absolute Gasteiger partial charge is 0.382 e. The first-order valence-electron chi connectivity index (χ1n) is 4.86. The Balaban J connectivity index is 2.21. The summed E-state index contributed by atoms with van der Waals surface area (Å²) in [5.74, 6) is 0.563. The molecule has 0 unspecified atom stereocenters. The number of anilines is 1. The fourth-order valence-corrected chi connectivity index (χ4v) is 1.46. The molecular weight excluding hydrogens is 188 g/mol. The molecule has 0 aliphatic heterocycles. The molecule has 0 saturated carbocycles. The zero-order valence-corrected chi connectivity index (χ0v) is 8.94. The maximum atomic E-state index is 5.61. The molecule has 2 heterocycles. The van der Waals surface area contributed by atoms with Crippen LogP contribution in [0.5, 0.6) is 0 Å².